The van der Waals surface area contributed by atoms with Gasteiger partial charge in [-0.3, -0.25) is 19.3 Å². The Morgan fingerprint density at radius 3 is 2.14 bits per heavy atom. The zero-order valence-electron chi connectivity index (χ0n) is 15.9. The monoisotopic (exact) mass is 414 g/mol. The number of imide groups is 1. The molecule has 29 heavy (non-hydrogen) atoms. The number of likely N-dealkylation sites (N-methyl/N-ethyl adjacent to an activating group) is 1. The van der Waals surface area contributed by atoms with Crippen molar-refractivity contribution in [1.29, 1.82) is 0 Å². The number of nitrogens with zero attached hydrogens (tertiary/aromatic N) is 2. The van der Waals surface area contributed by atoms with Crippen molar-refractivity contribution in [3.63, 3.8) is 0 Å². The molecule has 1 aliphatic heterocycles. The van der Waals surface area contributed by atoms with Crippen molar-refractivity contribution in [2.24, 2.45) is 0 Å². The predicted octanol–water partition coefficient (Wildman–Crippen LogP) is 2.53. The van der Waals surface area contributed by atoms with Gasteiger partial charge in [0.15, 0.2) is 6.61 Å². The smallest absolute Gasteiger partial charge is 0.329 e. The summed E-state index contributed by atoms with van der Waals surface area (Å²) in [7, 11) is 1.58. The van der Waals surface area contributed by atoms with Crippen LogP contribution in [0.15, 0.2) is 48.5 Å². The van der Waals surface area contributed by atoms with E-state index in [9.17, 15) is 19.2 Å². The molecule has 2 aromatic rings. The standard InChI is InChI=1S/C21H19ClN2O5/c1-13(24-19(26)16-5-3-4-6-17(16)20(24)27)21(28)29-12-18(25)23(2)11-14-7-9-15(22)10-8-14/h3-10,13H,11-12H2,1-2H3/t13-/m1/s1. The number of fused-ring (bicyclic) bond motifs is 1. The van der Waals surface area contributed by atoms with E-state index in [-0.39, 0.29) is 11.1 Å². The molecule has 0 unspecified atom stereocenters. The largest absolute Gasteiger partial charge is 0.454 e. The Morgan fingerprint density at radius 2 is 1.59 bits per heavy atom. The van der Waals surface area contributed by atoms with Gasteiger partial charge in [-0.15, -0.1) is 0 Å². The average Bonchev–Trinajstić information content (AvgIpc) is 2.97. The summed E-state index contributed by atoms with van der Waals surface area (Å²) < 4.78 is 5.05. The number of hydrogen-bond donors (Lipinski definition) is 0. The van der Waals surface area contributed by atoms with E-state index in [4.69, 9.17) is 16.3 Å². The van der Waals surface area contributed by atoms with Gasteiger partial charge in [0.25, 0.3) is 17.7 Å². The van der Waals surface area contributed by atoms with Gasteiger partial charge in [0.1, 0.15) is 6.04 Å². The van der Waals surface area contributed by atoms with Crippen LogP contribution in [0, 0.1) is 0 Å². The van der Waals surface area contributed by atoms with E-state index in [2.05, 4.69) is 0 Å². The summed E-state index contributed by atoms with van der Waals surface area (Å²) in [6.07, 6.45) is 0. The fourth-order valence-corrected chi connectivity index (χ4v) is 3.11. The maximum Gasteiger partial charge on any atom is 0.329 e. The molecule has 2 aromatic carbocycles. The molecular formula is C21H19ClN2O5. The number of benzene rings is 2. The van der Waals surface area contributed by atoms with E-state index in [0.29, 0.717) is 11.6 Å². The van der Waals surface area contributed by atoms with Crippen molar-refractivity contribution in [2.75, 3.05) is 13.7 Å². The highest BCUT2D eigenvalue weighted by atomic mass is 35.5. The van der Waals surface area contributed by atoms with Gasteiger partial charge >= 0.3 is 5.97 Å². The van der Waals surface area contributed by atoms with Crippen LogP contribution in [0.5, 0.6) is 0 Å². The lowest BCUT2D eigenvalue weighted by molar-refractivity contribution is -0.154. The summed E-state index contributed by atoms with van der Waals surface area (Å²) in [4.78, 5) is 51.7. The molecule has 7 nitrogen and oxygen atoms in total. The van der Waals surface area contributed by atoms with Gasteiger partial charge in [0.2, 0.25) is 0 Å². The molecule has 0 spiro atoms. The van der Waals surface area contributed by atoms with E-state index >= 15 is 0 Å². The maximum atomic E-state index is 12.4. The van der Waals surface area contributed by atoms with Crippen LogP contribution >= 0.6 is 11.6 Å². The van der Waals surface area contributed by atoms with Crippen LogP contribution in [0.3, 0.4) is 0 Å². The lowest BCUT2D eigenvalue weighted by Gasteiger charge is -2.22. The molecule has 3 amide bonds. The molecule has 0 N–H and O–H groups in total. The number of amides is 3. The third kappa shape index (κ3) is 4.30. The van der Waals surface area contributed by atoms with Gasteiger partial charge in [-0.2, -0.15) is 0 Å². The van der Waals surface area contributed by atoms with Crippen molar-refractivity contribution in [3.05, 3.63) is 70.2 Å². The Kier molecular flexibility index (Phi) is 5.98. The molecule has 150 valence electrons. The van der Waals surface area contributed by atoms with Gasteiger partial charge in [0, 0.05) is 18.6 Å². The molecule has 0 aliphatic carbocycles. The van der Waals surface area contributed by atoms with Crippen molar-refractivity contribution in [3.8, 4) is 0 Å². The molecule has 1 heterocycles. The first kappa shape index (κ1) is 20.5. The molecular weight excluding hydrogens is 396 g/mol. The van der Waals surface area contributed by atoms with Gasteiger partial charge in [0.05, 0.1) is 11.1 Å². The molecule has 8 heteroatoms. The second-order valence-corrected chi connectivity index (χ2v) is 7.12. The molecule has 1 aliphatic rings. The average molecular weight is 415 g/mol. The number of hydrogen-bond acceptors (Lipinski definition) is 5. The quantitative estimate of drug-likeness (QED) is 0.535. The Labute approximate surface area is 172 Å². The molecule has 0 saturated carbocycles. The first-order valence-electron chi connectivity index (χ1n) is 8.91. The summed E-state index contributed by atoms with van der Waals surface area (Å²) in [6.45, 7) is 1.23. The third-order valence-corrected chi connectivity index (χ3v) is 4.90. The molecule has 1 atom stereocenters. The lowest BCUT2D eigenvalue weighted by Crippen LogP contribution is -2.44. The minimum absolute atomic E-state index is 0.246. The highest BCUT2D eigenvalue weighted by Gasteiger charge is 2.41. The fraction of sp³-hybridized carbons (Fsp3) is 0.238. The van der Waals surface area contributed by atoms with Gasteiger partial charge < -0.3 is 9.64 Å². The lowest BCUT2D eigenvalue weighted by atomic mass is 10.1. The summed E-state index contributed by atoms with van der Waals surface area (Å²) in [5, 5.41) is 0.596. The topological polar surface area (TPSA) is 84.0 Å². The summed E-state index contributed by atoms with van der Waals surface area (Å²) in [6, 6.07) is 12.2. The van der Waals surface area contributed by atoms with E-state index in [1.807, 2.05) is 0 Å². The second-order valence-electron chi connectivity index (χ2n) is 6.69. The first-order chi connectivity index (χ1) is 13.8. The fourth-order valence-electron chi connectivity index (χ4n) is 2.98. The van der Waals surface area contributed by atoms with Gasteiger partial charge in [-0.1, -0.05) is 35.9 Å². The Hall–Kier alpha value is -3.19. The van der Waals surface area contributed by atoms with Crippen molar-refractivity contribution in [2.45, 2.75) is 19.5 Å². The molecule has 0 radical (unpaired) electrons. The first-order valence-corrected chi connectivity index (χ1v) is 9.29. The van der Waals surface area contributed by atoms with E-state index in [1.54, 1.807) is 43.4 Å². The zero-order chi connectivity index (χ0) is 21.1. The summed E-state index contributed by atoms with van der Waals surface area (Å²) >= 11 is 5.84. The van der Waals surface area contributed by atoms with Crippen LogP contribution in [-0.2, 0) is 20.9 Å². The Bertz CT molecular complexity index is 938. The van der Waals surface area contributed by atoms with Crippen molar-refractivity contribution in [1.82, 2.24) is 9.80 Å². The Balaban J connectivity index is 1.56. The number of esters is 1. The number of carbonyl (C=O) groups is 4. The Morgan fingerprint density at radius 1 is 1.03 bits per heavy atom. The minimum atomic E-state index is -1.14. The molecule has 0 saturated heterocycles. The normalized spacial score (nSPS) is 13.8. The van der Waals surface area contributed by atoms with Crippen molar-refractivity contribution >= 4 is 35.3 Å². The number of halogens is 1. The second kappa shape index (κ2) is 8.45. The molecule has 0 bridgehead atoms. The van der Waals surface area contributed by atoms with Gasteiger partial charge in [-0.05, 0) is 36.8 Å². The van der Waals surface area contributed by atoms with Crippen molar-refractivity contribution < 1.29 is 23.9 Å². The maximum absolute atomic E-state index is 12.4. The predicted molar refractivity (Wildman–Crippen MR) is 105 cm³/mol. The highest BCUT2D eigenvalue weighted by Crippen LogP contribution is 2.24. The zero-order valence-corrected chi connectivity index (χ0v) is 16.7. The van der Waals surface area contributed by atoms with Crippen LogP contribution in [0.1, 0.15) is 33.2 Å². The number of carbonyl (C=O) groups excluding carboxylic acids is 4. The van der Waals surface area contributed by atoms with Crippen LogP contribution < -0.4 is 0 Å². The SMILES string of the molecule is C[C@H](C(=O)OCC(=O)N(C)Cc1ccc(Cl)cc1)N1C(=O)c2ccccc2C1=O. The molecule has 0 aromatic heterocycles. The van der Waals surface area contributed by atoms with Gasteiger partial charge in [-0.25, -0.2) is 4.79 Å². The van der Waals surface area contributed by atoms with Crippen LogP contribution in [-0.4, -0.2) is 53.2 Å². The van der Waals surface area contributed by atoms with E-state index in [0.717, 1.165) is 10.5 Å². The summed E-state index contributed by atoms with van der Waals surface area (Å²) in [5.74, 6) is -2.35. The molecule has 0 fully saturated rings. The van der Waals surface area contributed by atoms with Crippen LogP contribution in [0.2, 0.25) is 5.02 Å². The third-order valence-electron chi connectivity index (χ3n) is 4.65. The number of rotatable bonds is 6. The van der Waals surface area contributed by atoms with E-state index < -0.39 is 36.3 Å². The highest BCUT2D eigenvalue weighted by molar-refractivity contribution is 6.30. The van der Waals surface area contributed by atoms with Crippen LogP contribution in [0.25, 0.3) is 0 Å². The van der Waals surface area contributed by atoms with Crippen LogP contribution in [0.4, 0.5) is 0 Å². The molecule has 3 rings (SSSR count). The minimum Gasteiger partial charge on any atom is -0.454 e. The summed E-state index contributed by atoms with van der Waals surface area (Å²) in [5.41, 5.74) is 1.36. The number of ether oxygens (including phenoxy) is 1. The van der Waals surface area contributed by atoms with E-state index in [1.165, 1.54) is 24.0 Å².